The molecule has 0 radical (unpaired) electrons. The first-order chi connectivity index (χ1) is 7.15. The molecule has 15 heavy (non-hydrogen) atoms. The van der Waals surface area contributed by atoms with Gasteiger partial charge in [0.05, 0.1) is 6.54 Å². The zero-order chi connectivity index (χ0) is 10.9. The molecule has 1 amide bonds. The highest BCUT2D eigenvalue weighted by molar-refractivity contribution is 6.04. The normalized spacial score (nSPS) is 17.1. The van der Waals surface area contributed by atoms with Crippen LogP contribution in [0.5, 0.6) is 0 Å². The molecule has 80 valence electrons. The summed E-state index contributed by atoms with van der Waals surface area (Å²) in [7, 11) is 0. The van der Waals surface area contributed by atoms with Crippen LogP contribution in [-0.4, -0.2) is 32.2 Å². The fourth-order valence-electron chi connectivity index (χ4n) is 1.31. The number of hydrogen-bond acceptors (Lipinski definition) is 4. The number of carbonyl (C=O) groups is 2. The van der Waals surface area contributed by atoms with Gasteiger partial charge in [-0.15, -0.1) is 0 Å². The number of aliphatic carboxylic acids is 1. The summed E-state index contributed by atoms with van der Waals surface area (Å²) in [4.78, 5) is 26.1. The summed E-state index contributed by atoms with van der Waals surface area (Å²) in [5, 5.41) is 17.5. The van der Waals surface area contributed by atoms with Crippen molar-refractivity contribution in [1.29, 1.82) is 0 Å². The molecule has 1 fully saturated rings. The minimum atomic E-state index is -1.19. The number of H-pyrrole nitrogens is 1. The number of aromatic nitrogens is 3. The van der Waals surface area contributed by atoms with Crippen molar-refractivity contribution in [2.24, 2.45) is 5.41 Å². The SMILES string of the molecule is O=C(O)C1(C(=O)NCc2ncn[nH]2)CC1. The van der Waals surface area contributed by atoms with Crippen molar-refractivity contribution < 1.29 is 14.7 Å². The van der Waals surface area contributed by atoms with Gasteiger partial charge in [-0.2, -0.15) is 5.10 Å². The third-order valence-electron chi connectivity index (χ3n) is 2.48. The Morgan fingerprint density at radius 3 is 2.80 bits per heavy atom. The maximum absolute atomic E-state index is 11.5. The molecule has 1 aliphatic carbocycles. The molecule has 1 aliphatic rings. The number of rotatable bonds is 4. The highest BCUT2D eigenvalue weighted by atomic mass is 16.4. The first-order valence-corrected chi connectivity index (χ1v) is 4.51. The van der Waals surface area contributed by atoms with E-state index in [4.69, 9.17) is 5.11 Å². The van der Waals surface area contributed by atoms with Crippen LogP contribution in [-0.2, 0) is 16.1 Å². The van der Waals surface area contributed by atoms with Gasteiger partial charge in [0.2, 0.25) is 5.91 Å². The van der Waals surface area contributed by atoms with E-state index in [1.54, 1.807) is 0 Å². The molecule has 7 nitrogen and oxygen atoms in total. The van der Waals surface area contributed by atoms with Crippen molar-refractivity contribution in [1.82, 2.24) is 20.5 Å². The van der Waals surface area contributed by atoms with E-state index in [2.05, 4.69) is 20.5 Å². The molecule has 0 aromatic carbocycles. The smallest absolute Gasteiger partial charge is 0.319 e. The topological polar surface area (TPSA) is 108 Å². The van der Waals surface area contributed by atoms with Crippen LogP contribution in [0.15, 0.2) is 6.33 Å². The van der Waals surface area contributed by atoms with Gasteiger partial charge in [0.25, 0.3) is 0 Å². The fraction of sp³-hybridized carbons (Fsp3) is 0.500. The Balaban J connectivity index is 1.91. The zero-order valence-electron chi connectivity index (χ0n) is 7.86. The molecule has 1 saturated carbocycles. The number of carboxylic acids is 1. The molecule has 1 heterocycles. The molecular weight excluding hydrogens is 200 g/mol. The Bertz CT molecular complexity index is 383. The second-order valence-corrected chi connectivity index (χ2v) is 3.50. The average Bonchev–Trinajstić information content (AvgIpc) is 2.87. The van der Waals surface area contributed by atoms with E-state index in [-0.39, 0.29) is 6.54 Å². The first kappa shape index (κ1) is 9.63. The summed E-state index contributed by atoms with van der Waals surface area (Å²) >= 11 is 0. The van der Waals surface area contributed by atoms with Crippen LogP contribution >= 0.6 is 0 Å². The van der Waals surface area contributed by atoms with E-state index in [0.29, 0.717) is 18.7 Å². The number of carbonyl (C=O) groups excluding carboxylic acids is 1. The Morgan fingerprint density at radius 2 is 2.33 bits per heavy atom. The van der Waals surface area contributed by atoms with E-state index in [1.165, 1.54) is 6.33 Å². The summed E-state index contributed by atoms with van der Waals surface area (Å²) in [6.45, 7) is 0.174. The maximum atomic E-state index is 11.5. The van der Waals surface area contributed by atoms with Gasteiger partial charge in [-0.3, -0.25) is 14.7 Å². The first-order valence-electron chi connectivity index (χ1n) is 4.51. The molecule has 3 N–H and O–H groups in total. The second kappa shape index (κ2) is 3.34. The fourth-order valence-corrected chi connectivity index (χ4v) is 1.31. The second-order valence-electron chi connectivity index (χ2n) is 3.50. The molecule has 7 heteroatoms. The van der Waals surface area contributed by atoms with E-state index in [1.807, 2.05) is 0 Å². The maximum Gasteiger partial charge on any atom is 0.319 e. The van der Waals surface area contributed by atoms with Crippen LogP contribution in [0.3, 0.4) is 0 Å². The van der Waals surface area contributed by atoms with Crippen molar-refractivity contribution in [3.05, 3.63) is 12.2 Å². The van der Waals surface area contributed by atoms with Crippen LogP contribution < -0.4 is 5.32 Å². The molecule has 1 aromatic heterocycles. The van der Waals surface area contributed by atoms with Crippen LogP contribution in [0.25, 0.3) is 0 Å². The third kappa shape index (κ3) is 1.67. The highest BCUT2D eigenvalue weighted by Crippen LogP contribution is 2.46. The lowest BCUT2D eigenvalue weighted by Crippen LogP contribution is -2.36. The average molecular weight is 210 g/mol. The number of nitrogens with one attached hydrogen (secondary N) is 2. The van der Waals surface area contributed by atoms with E-state index in [9.17, 15) is 9.59 Å². The van der Waals surface area contributed by atoms with Gasteiger partial charge in [0.1, 0.15) is 17.6 Å². The van der Waals surface area contributed by atoms with Crippen LogP contribution in [0, 0.1) is 5.41 Å². The Morgan fingerprint density at radius 1 is 1.60 bits per heavy atom. The summed E-state index contributed by atoms with van der Waals surface area (Å²) in [6, 6.07) is 0. The molecular formula is C8H10N4O3. The van der Waals surface area contributed by atoms with Crippen LogP contribution in [0.2, 0.25) is 0 Å². The summed E-state index contributed by atoms with van der Waals surface area (Å²) in [5.41, 5.74) is -1.19. The number of amides is 1. The number of nitrogens with zero attached hydrogens (tertiary/aromatic N) is 2. The highest BCUT2D eigenvalue weighted by Gasteiger charge is 2.56. The van der Waals surface area contributed by atoms with E-state index < -0.39 is 17.3 Å². The zero-order valence-corrected chi connectivity index (χ0v) is 7.86. The molecule has 2 rings (SSSR count). The van der Waals surface area contributed by atoms with Crippen molar-refractivity contribution in [2.45, 2.75) is 19.4 Å². The lowest BCUT2D eigenvalue weighted by molar-refractivity contribution is -0.149. The van der Waals surface area contributed by atoms with Crippen molar-refractivity contribution in [2.75, 3.05) is 0 Å². The van der Waals surface area contributed by atoms with Crippen molar-refractivity contribution in [3.63, 3.8) is 0 Å². The minimum absolute atomic E-state index is 0.174. The monoisotopic (exact) mass is 210 g/mol. The largest absolute Gasteiger partial charge is 0.480 e. The van der Waals surface area contributed by atoms with Crippen molar-refractivity contribution >= 4 is 11.9 Å². The summed E-state index contributed by atoms with van der Waals surface area (Å²) in [5.74, 6) is -1.01. The van der Waals surface area contributed by atoms with Crippen LogP contribution in [0.1, 0.15) is 18.7 Å². The summed E-state index contributed by atoms with van der Waals surface area (Å²) < 4.78 is 0. The number of carboxylic acid groups (broad SMARTS) is 1. The van der Waals surface area contributed by atoms with Gasteiger partial charge in [-0.1, -0.05) is 0 Å². The standard InChI is InChI=1S/C8H10N4O3/c13-6(8(1-2-8)7(14)15)9-3-5-10-4-11-12-5/h4H,1-3H2,(H,9,13)(H,14,15)(H,10,11,12). The molecule has 0 spiro atoms. The van der Waals surface area contributed by atoms with E-state index in [0.717, 1.165) is 0 Å². The predicted molar refractivity (Wildman–Crippen MR) is 47.5 cm³/mol. The molecule has 0 saturated heterocycles. The van der Waals surface area contributed by atoms with Gasteiger partial charge in [0.15, 0.2) is 0 Å². The minimum Gasteiger partial charge on any atom is -0.480 e. The molecule has 0 aliphatic heterocycles. The van der Waals surface area contributed by atoms with Crippen molar-refractivity contribution in [3.8, 4) is 0 Å². The third-order valence-corrected chi connectivity index (χ3v) is 2.48. The van der Waals surface area contributed by atoms with E-state index >= 15 is 0 Å². The Kier molecular flexibility index (Phi) is 2.14. The molecule has 0 unspecified atom stereocenters. The van der Waals surface area contributed by atoms with Gasteiger partial charge in [-0.05, 0) is 12.8 Å². The van der Waals surface area contributed by atoms with Gasteiger partial charge in [-0.25, -0.2) is 4.98 Å². The number of hydrogen-bond donors (Lipinski definition) is 3. The van der Waals surface area contributed by atoms with Gasteiger partial charge in [0, 0.05) is 0 Å². The predicted octanol–water partition coefficient (Wildman–Crippen LogP) is -0.714. The van der Waals surface area contributed by atoms with Gasteiger partial charge >= 0.3 is 5.97 Å². The molecule has 0 atom stereocenters. The molecule has 0 bridgehead atoms. The quantitative estimate of drug-likeness (QED) is 0.568. The number of aromatic amines is 1. The lowest BCUT2D eigenvalue weighted by atomic mass is 10.1. The Labute approximate surface area is 84.9 Å². The molecule has 1 aromatic rings. The van der Waals surface area contributed by atoms with Gasteiger partial charge < -0.3 is 10.4 Å². The summed E-state index contributed by atoms with van der Waals surface area (Å²) in [6.07, 6.45) is 2.14. The van der Waals surface area contributed by atoms with Crippen LogP contribution in [0.4, 0.5) is 0 Å². The lowest BCUT2D eigenvalue weighted by Gasteiger charge is -2.08. The Hall–Kier alpha value is -1.92.